The maximum absolute atomic E-state index is 14.7. The van der Waals surface area contributed by atoms with Gasteiger partial charge in [-0.25, -0.2) is 14.4 Å². The fourth-order valence-corrected chi connectivity index (χ4v) is 3.39. The van der Waals surface area contributed by atoms with Crippen LogP contribution < -0.4 is 10.6 Å². The second-order valence-corrected chi connectivity index (χ2v) is 8.48. The van der Waals surface area contributed by atoms with Gasteiger partial charge in [-0.3, -0.25) is 14.5 Å². The van der Waals surface area contributed by atoms with Gasteiger partial charge in [-0.1, -0.05) is 12.1 Å². The third-order valence-electron chi connectivity index (χ3n) is 5.52. The van der Waals surface area contributed by atoms with Crippen LogP contribution in [0.4, 0.5) is 28.9 Å². The molecular formula is C25H23F4N7O. The Hall–Kier alpha value is -4.35. The highest BCUT2D eigenvalue weighted by Gasteiger charge is 2.31. The fourth-order valence-electron chi connectivity index (χ4n) is 3.39. The minimum Gasteiger partial charge on any atom is -0.324 e. The summed E-state index contributed by atoms with van der Waals surface area (Å²) in [6.07, 6.45) is 4.03. The van der Waals surface area contributed by atoms with Crippen LogP contribution in [0.15, 0.2) is 65.2 Å². The van der Waals surface area contributed by atoms with E-state index in [0.717, 1.165) is 30.8 Å². The highest BCUT2D eigenvalue weighted by atomic mass is 19.4. The number of anilines is 2. The van der Waals surface area contributed by atoms with E-state index in [-0.39, 0.29) is 23.6 Å². The summed E-state index contributed by atoms with van der Waals surface area (Å²) in [7, 11) is 0. The van der Waals surface area contributed by atoms with Crippen LogP contribution in [0, 0.1) is 5.82 Å². The first-order valence-corrected chi connectivity index (χ1v) is 11.3. The number of amides is 1. The Morgan fingerprint density at radius 2 is 1.97 bits per heavy atom. The molecule has 0 saturated heterocycles. The van der Waals surface area contributed by atoms with Gasteiger partial charge in [0, 0.05) is 18.6 Å². The van der Waals surface area contributed by atoms with Crippen LogP contribution in [0.3, 0.4) is 0 Å². The van der Waals surface area contributed by atoms with E-state index in [1.165, 1.54) is 18.3 Å². The average molecular weight is 513 g/mol. The third-order valence-corrected chi connectivity index (χ3v) is 5.52. The molecule has 0 aliphatic heterocycles. The summed E-state index contributed by atoms with van der Waals surface area (Å²) in [5.41, 5.74) is 0.829. The lowest BCUT2D eigenvalue weighted by Crippen LogP contribution is -2.16. The van der Waals surface area contributed by atoms with Crippen molar-refractivity contribution in [3.05, 3.63) is 77.8 Å². The van der Waals surface area contributed by atoms with Crippen molar-refractivity contribution < 1.29 is 22.4 Å². The first-order chi connectivity index (χ1) is 17.6. The van der Waals surface area contributed by atoms with Gasteiger partial charge in [0.25, 0.3) is 0 Å². The summed E-state index contributed by atoms with van der Waals surface area (Å²) >= 11 is 0. The van der Waals surface area contributed by atoms with Crippen LogP contribution in [0.2, 0.25) is 0 Å². The van der Waals surface area contributed by atoms with Gasteiger partial charge < -0.3 is 10.6 Å². The van der Waals surface area contributed by atoms with E-state index in [9.17, 15) is 22.4 Å². The molecule has 2 heterocycles. The molecule has 3 aromatic rings. The van der Waals surface area contributed by atoms with E-state index in [0.29, 0.717) is 23.4 Å². The molecule has 1 saturated carbocycles. The second-order valence-electron chi connectivity index (χ2n) is 8.48. The number of allylic oxidation sites excluding steroid dienone is 1. The van der Waals surface area contributed by atoms with Crippen LogP contribution in [0.25, 0.3) is 5.57 Å². The van der Waals surface area contributed by atoms with Crippen LogP contribution in [0.5, 0.6) is 0 Å². The molecule has 0 bridgehead atoms. The first-order valence-electron chi connectivity index (χ1n) is 11.3. The maximum atomic E-state index is 14.7. The van der Waals surface area contributed by atoms with E-state index >= 15 is 0 Å². The zero-order valence-corrected chi connectivity index (χ0v) is 19.8. The van der Waals surface area contributed by atoms with Gasteiger partial charge >= 0.3 is 6.18 Å². The number of nitrogens with one attached hydrogen (secondary N) is 2. The van der Waals surface area contributed by atoms with Gasteiger partial charge in [0.1, 0.15) is 5.82 Å². The van der Waals surface area contributed by atoms with Crippen molar-refractivity contribution >= 4 is 35.5 Å². The largest absolute Gasteiger partial charge is 0.417 e. The summed E-state index contributed by atoms with van der Waals surface area (Å²) < 4.78 is 55.1. The summed E-state index contributed by atoms with van der Waals surface area (Å²) in [5.74, 6) is -1.07. The van der Waals surface area contributed by atoms with Gasteiger partial charge in [0.2, 0.25) is 11.9 Å². The smallest absolute Gasteiger partial charge is 0.324 e. The number of nitrogens with zero attached hydrogens (tertiary/aromatic N) is 5. The minimum atomic E-state index is -4.59. The number of guanidine groups is 1. The molecule has 8 nitrogen and oxygen atoms in total. The van der Waals surface area contributed by atoms with E-state index in [4.69, 9.17) is 0 Å². The predicted molar refractivity (Wildman–Crippen MR) is 133 cm³/mol. The molecule has 0 unspecified atom stereocenters. The molecule has 1 aliphatic carbocycles. The molecule has 1 fully saturated rings. The van der Waals surface area contributed by atoms with Gasteiger partial charge in [-0.15, -0.1) is 0 Å². The standard InChI is InChI=1S/C25H23F4N7O/c1-15(10-32-24(30-2)35-20-13-33-36(14-20)21-5-6-21)16-3-4-17(22(26)7-16)8-23(37)34-19-9-18(11-31-12-19)25(27,28)29/h3-4,7,9-14,21H,2,5-6,8H2,1H3,(H,32,35)(H,34,37)/b15-10+. The van der Waals surface area contributed by atoms with Crippen LogP contribution in [-0.4, -0.2) is 33.3 Å². The zero-order chi connectivity index (χ0) is 26.6. The van der Waals surface area contributed by atoms with Crippen molar-refractivity contribution in [1.82, 2.24) is 14.8 Å². The van der Waals surface area contributed by atoms with Crippen molar-refractivity contribution in [2.75, 3.05) is 10.6 Å². The molecule has 192 valence electrons. The lowest BCUT2D eigenvalue weighted by Gasteiger charge is -2.10. The zero-order valence-electron chi connectivity index (χ0n) is 19.8. The normalized spacial score (nSPS) is 14.4. The number of benzene rings is 1. The monoisotopic (exact) mass is 513 g/mol. The molecular weight excluding hydrogens is 490 g/mol. The molecule has 1 amide bonds. The number of hydrogen-bond acceptors (Lipinski definition) is 4. The summed E-state index contributed by atoms with van der Waals surface area (Å²) in [4.78, 5) is 23.9. The molecule has 0 radical (unpaired) electrons. The van der Waals surface area contributed by atoms with E-state index in [1.807, 2.05) is 10.9 Å². The maximum Gasteiger partial charge on any atom is 0.417 e. The number of alkyl halides is 3. The summed E-state index contributed by atoms with van der Waals surface area (Å²) in [6, 6.07) is 5.51. The van der Waals surface area contributed by atoms with Gasteiger partial charge in [-0.05, 0) is 55.3 Å². The van der Waals surface area contributed by atoms with Crippen LogP contribution in [-0.2, 0) is 17.4 Å². The molecule has 2 N–H and O–H groups in total. The highest BCUT2D eigenvalue weighted by Crippen LogP contribution is 2.34. The number of carbonyl (C=O) groups excluding carboxylic acids is 1. The van der Waals surface area contributed by atoms with Crippen molar-refractivity contribution in [3.8, 4) is 0 Å². The Morgan fingerprint density at radius 3 is 2.65 bits per heavy atom. The Labute approximate surface area is 209 Å². The van der Waals surface area contributed by atoms with Crippen molar-refractivity contribution in [3.63, 3.8) is 0 Å². The predicted octanol–water partition coefficient (Wildman–Crippen LogP) is 5.48. The molecule has 0 atom stereocenters. The molecule has 0 spiro atoms. The van der Waals surface area contributed by atoms with Crippen LogP contribution >= 0.6 is 0 Å². The summed E-state index contributed by atoms with van der Waals surface area (Å²) in [5, 5.41) is 9.62. The number of aromatic nitrogens is 3. The molecule has 1 aliphatic rings. The first kappa shape index (κ1) is 25.7. The Morgan fingerprint density at radius 1 is 1.19 bits per heavy atom. The molecule has 12 heteroatoms. The average Bonchev–Trinajstić information content (AvgIpc) is 3.60. The fraction of sp³-hybridized carbons (Fsp3) is 0.240. The lowest BCUT2D eigenvalue weighted by molar-refractivity contribution is -0.137. The summed E-state index contributed by atoms with van der Waals surface area (Å²) in [6.45, 7) is 5.24. The van der Waals surface area contributed by atoms with Crippen molar-refractivity contribution in [2.24, 2.45) is 9.98 Å². The van der Waals surface area contributed by atoms with Crippen molar-refractivity contribution in [2.45, 2.75) is 38.4 Å². The number of rotatable bonds is 7. The topological polar surface area (TPSA) is 96.6 Å². The van der Waals surface area contributed by atoms with Gasteiger partial charge in [0.15, 0.2) is 0 Å². The lowest BCUT2D eigenvalue weighted by atomic mass is 10.0. The van der Waals surface area contributed by atoms with Crippen molar-refractivity contribution in [1.29, 1.82) is 0 Å². The molecule has 37 heavy (non-hydrogen) atoms. The molecule has 2 aromatic heterocycles. The Balaban J connectivity index is 1.39. The van der Waals surface area contributed by atoms with Gasteiger partial charge in [0.05, 0.1) is 41.8 Å². The number of hydrogen-bond donors (Lipinski definition) is 2. The number of pyridine rings is 1. The van der Waals surface area contributed by atoms with Crippen LogP contribution in [0.1, 0.15) is 42.5 Å². The number of carbonyl (C=O) groups is 1. The van der Waals surface area contributed by atoms with E-state index in [2.05, 4.69) is 37.4 Å². The SMILES string of the molecule is C=NC(=N/C=C(\C)c1ccc(CC(=O)Nc2cncc(C(F)(F)F)c2)c(F)c1)Nc1cnn(C2CC2)c1. The van der Waals surface area contributed by atoms with E-state index < -0.39 is 23.5 Å². The highest BCUT2D eigenvalue weighted by molar-refractivity contribution is 5.97. The quantitative estimate of drug-likeness (QED) is 0.248. The number of halogens is 4. The van der Waals surface area contributed by atoms with Gasteiger partial charge in [-0.2, -0.15) is 18.3 Å². The third kappa shape index (κ3) is 6.87. The second kappa shape index (κ2) is 10.7. The van der Waals surface area contributed by atoms with E-state index in [1.54, 1.807) is 19.2 Å². The number of aliphatic imine (C=N–C) groups is 2. The Kier molecular flexibility index (Phi) is 7.46. The molecule has 4 rings (SSSR count). The Bertz CT molecular complexity index is 1370. The minimum absolute atomic E-state index is 0.0836. The molecule has 1 aromatic carbocycles.